The van der Waals surface area contributed by atoms with Crippen molar-refractivity contribution >= 4 is 40.6 Å². The SMILES string of the molecule is C=CCOP1(=O)Nc2ccc3ccccc3c2-c2c(ccc3ccccc23)N1. The van der Waals surface area contributed by atoms with Crippen molar-refractivity contribution in [3.05, 3.63) is 85.5 Å². The minimum absolute atomic E-state index is 0.184. The van der Waals surface area contributed by atoms with Crippen LogP contribution in [0.3, 0.4) is 0 Å². The molecule has 4 aromatic rings. The highest BCUT2D eigenvalue weighted by atomic mass is 31.2. The van der Waals surface area contributed by atoms with Gasteiger partial charge in [-0.1, -0.05) is 66.7 Å². The summed E-state index contributed by atoms with van der Waals surface area (Å²) >= 11 is 0. The van der Waals surface area contributed by atoms with E-state index in [2.05, 4.69) is 41.0 Å². The zero-order chi connectivity index (χ0) is 19.1. The van der Waals surface area contributed by atoms with Crippen LogP contribution in [-0.2, 0) is 9.09 Å². The number of hydrogen-bond acceptors (Lipinski definition) is 2. The van der Waals surface area contributed by atoms with Crippen LogP contribution in [0, 0.1) is 0 Å². The summed E-state index contributed by atoms with van der Waals surface area (Å²) in [5.74, 6) is 0. The highest BCUT2D eigenvalue weighted by molar-refractivity contribution is 7.62. The highest BCUT2D eigenvalue weighted by Gasteiger charge is 2.31. The van der Waals surface area contributed by atoms with Crippen LogP contribution in [0.15, 0.2) is 85.5 Å². The molecule has 0 saturated heterocycles. The maximum Gasteiger partial charge on any atom is 0.392 e. The summed E-state index contributed by atoms with van der Waals surface area (Å²) in [5, 5.41) is 10.8. The first kappa shape index (κ1) is 17.1. The summed E-state index contributed by atoms with van der Waals surface area (Å²) in [6.07, 6.45) is 1.59. The smallest absolute Gasteiger partial charge is 0.298 e. The molecule has 1 aliphatic heterocycles. The van der Waals surface area contributed by atoms with Crippen molar-refractivity contribution in [2.45, 2.75) is 0 Å². The third kappa shape index (κ3) is 2.70. The first-order valence-electron chi connectivity index (χ1n) is 9.14. The Morgan fingerprint density at radius 2 is 1.29 bits per heavy atom. The molecule has 5 rings (SSSR count). The van der Waals surface area contributed by atoms with Gasteiger partial charge in [-0.15, -0.1) is 6.58 Å². The van der Waals surface area contributed by atoms with Gasteiger partial charge in [0.15, 0.2) is 0 Å². The molecule has 0 fully saturated rings. The van der Waals surface area contributed by atoms with Gasteiger partial charge in [-0.2, -0.15) is 0 Å². The molecule has 28 heavy (non-hydrogen) atoms. The van der Waals surface area contributed by atoms with Gasteiger partial charge in [0.05, 0.1) is 18.0 Å². The van der Waals surface area contributed by atoms with Crippen LogP contribution in [0.1, 0.15) is 0 Å². The van der Waals surface area contributed by atoms with Crippen molar-refractivity contribution in [2.75, 3.05) is 16.8 Å². The van der Waals surface area contributed by atoms with E-state index in [-0.39, 0.29) is 6.61 Å². The number of hydrogen-bond donors (Lipinski definition) is 2. The van der Waals surface area contributed by atoms with Gasteiger partial charge in [-0.3, -0.25) is 14.7 Å². The van der Waals surface area contributed by atoms with Crippen LogP contribution >= 0.6 is 7.67 Å². The summed E-state index contributed by atoms with van der Waals surface area (Å²) < 4.78 is 19.2. The van der Waals surface area contributed by atoms with Gasteiger partial charge >= 0.3 is 7.67 Å². The molecule has 0 atom stereocenters. The minimum Gasteiger partial charge on any atom is -0.298 e. The van der Waals surface area contributed by atoms with Gasteiger partial charge in [-0.05, 0) is 33.7 Å². The van der Waals surface area contributed by atoms with Gasteiger partial charge in [-0.25, -0.2) is 4.57 Å². The van der Waals surface area contributed by atoms with E-state index in [4.69, 9.17) is 4.52 Å². The van der Waals surface area contributed by atoms with Crippen molar-refractivity contribution in [3.63, 3.8) is 0 Å². The van der Waals surface area contributed by atoms with Crippen molar-refractivity contribution < 1.29 is 9.09 Å². The summed E-state index contributed by atoms with van der Waals surface area (Å²) in [6, 6.07) is 24.5. The Bertz CT molecular complexity index is 1190. The Labute approximate surface area is 163 Å². The van der Waals surface area contributed by atoms with Crippen LogP contribution < -0.4 is 10.2 Å². The average molecular weight is 386 g/mol. The van der Waals surface area contributed by atoms with Crippen LogP contribution in [-0.4, -0.2) is 6.61 Å². The topological polar surface area (TPSA) is 50.4 Å². The molecular weight excluding hydrogens is 367 g/mol. The fourth-order valence-corrected chi connectivity index (χ4v) is 5.34. The molecule has 5 heteroatoms. The molecule has 0 aromatic heterocycles. The first-order chi connectivity index (χ1) is 13.7. The van der Waals surface area contributed by atoms with E-state index < -0.39 is 7.67 Å². The van der Waals surface area contributed by atoms with Crippen molar-refractivity contribution in [3.8, 4) is 11.1 Å². The quantitative estimate of drug-likeness (QED) is 0.300. The predicted octanol–water partition coefficient (Wildman–Crippen LogP) is 6.81. The number of benzene rings is 4. The summed E-state index contributed by atoms with van der Waals surface area (Å²) in [7, 11) is -3.37. The molecule has 138 valence electrons. The molecule has 0 radical (unpaired) electrons. The van der Waals surface area contributed by atoms with E-state index in [1.807, 2.05) is 48.5 Å². The average Bonchev–Trinajstić information content (AvgIpc) is 2.86. The van der Waals surface area contributed by atoms with Gasteiger partial charge in [0, 0.05) is 11.1 Å². The molecule has 1 aliphatic rings. The van der Waals surface area contributed by atoms with E-state index in [1.54, 1.807) is 6.08 Å². The summed E-state index contributed by atoms with van der Waals surface area (Å²) in [5.41, 5.74) is 3.62. The molecule has 2 N–H and O–H groups in total. The van der Waals surface area contributed by atoms with E-state index in [0.29, 0.717) is 0 Å². The molecule has 0 spiro atoms. The fourth-order valence-electron chi connectivity index (χ4n) is 3.84. The Morgan fingerprint density at radius 1 is 0.786 bits per heavy atom. The minimum atomic E-state index is -3.37. The molecule has 0 amide bonds. The second-order valence-corrected chi connectivity index (χ2v) is 8.59. The Kier molecular flexibility index (Phi) is 3.97. The van der Waals surface area contributed by atoms with E-state index in [1.165, 1.54) is 0 Å². The second-order valence-electron chi connectivity index (χ2n) is 6.78. The molecule has 0 saturated carbocycles. The molecule has 0 bridgehead atoms. The maximum absolute atomic E-state index is 13.5. The lowest BCUT2D eigenvalue weighted by Crippen LogP contribution is -2.08. The Hall–Kier alpha value is -3.07. The summed E-state index contributed by atoms with van der Waals surface area (Å²) in [4.78, 5) is 0. The van der Waals surface area contributed by atoms with E-state index in [0.717, 1.165) is 44.0 Å². The zero-order valence-electron chi connectivity index (χ0n) is 15.2. The molecular formula is C23H19N2O2P. The van der Waals surface area contributed by atoms with Gasteiger partial charge in [0.25, 0.3) is 0 Å². The molecule has 0 unspecified atom stereocenters. The third-order valence-electron chi connectivity index (χ3n) is 5.02. The number of fused-ring (bicyclic) bond motifs is 7. The van der Waals surface area contributed by atoms with Crippen LogP contribution in [0.25, 0.3) is 32.7 Å². The van der Waals surface area contributed by atoms with E-state index in [9.17, 15) is 4.57 Å². The van der Waals surface area contributed by atoms with Crippen LogP contribution in [0.4, 0.5) is 11.4 Å². The van der Waals surface area contributed by atoms with Crippen LogP contribution in [0.2, 0.25) is 0 Å². The highest BCUT2D eigenvalue weighted by Crippen LogP contribution is 2.56. The van der Waals surface area contributed by atoms with Gasteiger partial charge < -0.3 is 0 Å². The molecule has 4 nitrogen and oxygen atoms in total. The molecule has 0 aliphatic carbocycles. The van der Waals surface area contributed by atoms with Crippen molar-refractivity contribution in [1.82, 2.24) is 0 Å². The lowest BCUT2D eigenvalue weighted by atomic mass is 9.91. The van der Waals surface area contributed by atoms with Crippen LogP contribution in [0.5, 0.6) is 0 Å². The lowest BCUT2D eigenvalue weighted by molar-refractivity contribution is 0.361. The van der Waals surface area contributed by atoms with Crippen molar-refractivity contribution in [2.24, 2.45) is 0 Å². The maximum atomic E-state index is 13.5. The van der Waals surface area contributed by atoms with Gasteiger partial charge in [0.1, 0.15) is 0 Å². The van der Waals surface area contributed by atoms with Crippen molar-refractivity contribution in [1.29, 1.82) is 0 Å². The molecule has 1 heterocycles. The number of rotatable bonds is 3. The standard InChI is InChI=1S/C23H19N2O2P/c1-2-15-27-28(26)24-20-13-11-16-7-3-5-9-18(16)22(20)23-19-10-6-4-8-17(19)12-14-21(23)25-28/h2-14H,1,15H2,(H2,24,25,26). The fraction of sp³-hybridized carbons (Fsp3) is 0.0435. The van der Waals surface area contributed by atoms with E-state index >= 15 is 0 Å². The number of nitrogens with one attached hydrogen (secondary N) is 2. The normalized spacial score (nSPS) is 14.4. The predicted molar refractivity (Wildman–Crippen MR) is 118 cm³/mol. The lowest BCUT2D eigenvalue weighted by Gasteiger charge is -2.19. The Morgan fingerprint density at radius 3 is 1.79 bits per heavy atom. The third-order valence-corrected chi connectivity index (χ3v) is 6.60. The number of anilines is 2. The molecule has 4 aromatic carbocycles. The van der Waals surface area contributed by atoms with Gasteiger partial charge in [0.2, 0.25) is 0 Å². The summed E-state index contributed by atoms with van der Waals surface area (Å²) in [6.45, 7) is 3.85. The zero-order valence-corrected chi connectivity index (χ0v) is 16.1. The monoisotopic (exact) mass is 386 g/mol. The first-order valence-corrected chi connectivity index (χ1v) is 10.8. The second kappa shape index (κ2) is 6.52. The Balaban J connectivity index is 1.90. The largest absolute Gasteiger partial charge is 0.392 e.